The summed E-state index contributed by atoms with van der Waals surface area (Å²) in [6.45, 7) is 2.81. The van der Waals surface area contributed by atoms with Gasteiger partial charge in [0.05, 0.1) is 0 Å². The van der Waals surface area contributed by atoms with E-state index in [4.69, 9.17) is 11.6 Å². The summed E-state index contributed by atoms with van der Waals surface area (Å²) in [5.41, 5.74) is -0.954. The van der Waals surface area contributed by atoms with Gasteiger partial charge in [-0.25, -0.2) is 0 Å². The lowest BCUT2D eigenvalue weighted by atomic mass is 10.3. The van der Waals surface area contributed by atoms with Gasteiger partial charge in [0.1, 0.15) is 5.17 Å². The van der Waals surface area contributed by atoms with Gasteiger partial charge in [-0.2, -0.15) is 13.2 Å². The number of aliphatic imine (C=N–C) groups is 1. The van der Waals surface area contributed by atoms with Crippen molar-refractivity contribution < 1.29 is 13.2 Å². The maximum atomic E-state index is 11.8. The Labute approximate surface area is 73.2 Å². The molecule has 68 valence electrons. The summed E-state index contributed by atoms with van der Waals surface area (Å²) in [4.78, 5) is 3.43. The van der Waals surface area contributed by atoms with Crippen LogP contribution in [-0.2, 0) is 0 Å². The molecule has 0 unspecified atom stereocenters. The van der Waals surface area contributed by atoms with E-state index in [-0.39, 0.29) is 5.17 Å². The third-order valence-corrected chi connectivity index (χ3v) is 1.29. The molecular weight excluding hydrogens is 191 g/mol. The van der Waals surface area contributed by atoms with E-state index in [2.05, 4.69) is 11.6 Å². The molecule has 12 heavy (non-hydrogen) atoms. The predicted octanol–water partition coefficient (Wildman–Crippen LogP) is 2.93. The molecule has 0 heterocycles. The SMILES string of the molecule is C=C(/C=C\C(Cl)=NC)C(F)(F)F. The smallest absolute Gasteiger partial charge is 0.277 e. The van der Waals surface area contributed by atoms with Crippen molar-refractivity contribution in [3.05, 3.63) is 24.3 Å². The van der Waals surface area contributed by atoms with Crippen LogP contribution in [0.1, 0.15) is 0 Å². The highest BCUT2D eigenvalue weighted by Crippen LogP contribution is 2.24. The first kappa shape index (κ1) is 11.2. The van der Waals surface area contributed by atoms with Gasteiger partial charge in [-0.15, -0.1) is 0 Å². The molecule has 0 aliphatic heterocycles. The Morgan fingerprint density at radius 3 is 2.25 bits per heavy atom. The third-order valence-electron chi connectivity index (χ3n) is 1.000. The van der Waals surface area contributed by atoms with Crippen molar-refractivity contribution in [3.63, 3.8) is 0 Å². The van der Waals surface area contributed by atoms with Gasteiger partial charge in [0.2, 0.25) is 0 Å². The van der Waals surface area contributed by atoms with Crippen molar-refractivity contribution in [2.75, 3.05) is 7.05 Å². The van der Waals surface area contributed by atoms with E-state index in [1.165, 1.54) is 7.05 Å². The van der Waals surface area contributed by atoms with Crippen molar-refractivity contribution in [1.29, 1.82) is 0 Å². The lowest BCUT2D eigenvalue weighted by Crippen LogP contribution is -2.08. The lowest BCUT2D eigenvalue weighted by Gasteiger charge is -2.03. The molecule has 0 saturated heterocycles. The average Bonchev–Trinajstić information content (AvgIpc) is 1.97. The van der Waals surface area contributed by atoms with Crippen LogP contribution < -0.4 is 0 Å². The summed E-state index contributed by atoms with van der Waals surface area (Å²) in [5.74, 6) is 0. The number of hydrogen-bond donors (Lipinski definition) is 0. The van der Waals surface area contributed by atoms with Crippen molar-refractivity contribution in [2.45, 2.75) is 6.18 Å². The fraction of sp³-hybridized carbons (Fsp3) is 0.286. The number of rotatable bonds is 2. The first-order chi connectivity index (χ1) is 5.38. The van der Waals surface area contributed by atoms with E-state index >= 15 is 0 Å². The predicted molar refractivity (Wildman–Crippen MR) is 43.5 cm³/mol. The van der Waals surface area contributed by atoms with Crippen LogP contribution in [0, 0.1) is 0 Å². The molecule has 0 aliphatic carbocycles. The molecular formula is C7H7ClF3N. The Hall–Kier alpha value is -0.770. The van der Waals surface area contributed by atoms with E-state index in [1.807, 2.05) is 0 Å². The van der Waals surface area contributed by atoms with Crippen LogP contribution in [0.4, 0.5) is 13.2 Å². The number of nitrogens with zero attached hydrogens (tertiary/aromatic N) is 1. The minimum absolute atomic E-state index is 0.000370. The molecule has 0 atom stereocenters. The largest absolute Gasteiger partial charge is 0.415 e. The first-order valence-corrected chi connectivity index (χ1v) is 3.32. The zero-order valence-corrected chi connectivity index (χ0v) is 7.08. The lowest BCUT2D eigenvalue weighted by molar-refractivity contribution is -0.0877. The summed E-state index contributed by atoms with van der Waals surface area (Å²) in [7, 11) is 1.38. The van der Waals surface area contributed by atoms with Crippen LogP contribution in [0.5, 0.6) is 0 Å². The van der Waals surface area contributed by atoms with Crippen molar-refractivity contribution in [1.82, 2.24) is 0 Å². The highest BCUT2D eigenvalue weighted by atomic mass is 35.5. The molecule has 5 heteroatoms. The molecule has 0 fully saturated rings. The summed E-state index contributed by atoms with van der Waals surface area (Å²) < 4.78 is 35.3. The molecule has 0 radical (unpaired) electrons. The molecule has 1 nitrogen and oxygen atoms in total. The molecule has 0 aliphatic rings. The van der Waals surface area contributed by atoms with Crippen LogP contribution in [-0.4, -0.2) is 18.4 Å². The van der Waals surface area contributed by atoms with Crippen molar-refractivity contribution in [2.24, 2.45) is 4.99 Å². The van der Waals surface area contributed by atoms with E-state index in [0.717, 1.165) is 12.2 Å². The van der Waals surface area contributed by atoms with Crippen LogP contribution in [0.25, 0.3) is 0 Å². The standard InChI is InChI=1S/C7H7ClF3N/c1-5(7(9,10)11)3-4-6(8)12-2/h3-4H,1H2,2H3/b4-3-,12-6?. The van der Waals surface area contributed by atoms with Crippen molar-refractivity contribution >= 4 is 16.8 Å². The van der Waals surface area contributed by atoms with Gasteiger partial charge in [0, 0.05) is 12.6 Å². The Balaban J connectivity index is 4.29. The Morgan fingerprint density at radius 2 is 1.92 bits per heavy atom. The van der Waals surface area contributed by atoms with Crippen molar-refractivity contribution in [3.8, 4) is 0 Å². The summed E-state index contributed by atoms with van der Waals surface area (Å²) in [6.07, 6.45) is -2.59. The Morgan fingerprint density at radius 1 is 1.42 bits per heavy atom. The molecule has 0 aromatic heterocycles. The van der Waals surface area contributed by atoms with Crippen LogP contribution >= 0.6 is 11.6 Å². The minimum Gasteiger partial charge on any atom is -0.277 e. The third kappa shape index (κ3) is 4.18. The maximum absolute atomic E-state index is 11.8. The summed E-state index contributed by atoms with van der Waals surface area (Å²) in [5, 5.41) is 0.000370. The zero-order chi connectivity index (χ0) is 9.78. The minimum atomic E-state index is -4.40. The second-order valence-electron chi connectivity index (χ2n) is 1.90. The number of hydrogen-bond acceptors (Lipinski definition) is 1. The monoisotopic (exact) mass is 197 g/mol. The summed E-state index contributed by atoms with van der Waals surface area (Å²) in [6, 6.07) is 0. The maximum Gasteiger partial charge on any atom is 0.415 e. The molecule has 0 spiro atoms. The quantitative estimate of drug-likeness (QED) is 0.477. The molecule has 0 amide bonds. The van der Waals surface area contributed by atoms with Crippen LogP contribution in [0.3, 0.4) is 0 Å². The van der Waals surface area contributed by atoms with E-state index < -0.39 is 11.7 Å². The van der Waals surface area contributed by atoms with Crippen LogP contribution in [0.15, 0.2) is 29.3 Å². The topological polar surface area (TPSA) is 12.4 Å². The molecule has 0 rings (SSSR count). The summed E-state index contributed by atoms with van der Waals surface area (Å²) >= 11 is 5.31. The van der Waals surface area contributed by atoms with Gasteiger partial charge in [0.15, 0.2) is 0 Å². The fourth-order valence-corrected chi connectivity index (χ4v) is 0.401. The van der Waals surface area contributed by atoms with Gasteiger partial charge in [0.25, 0.3) is 0 Å². The van der Waals surface area contributed by atoms with Gasteiger partial charge in [-0.3, -0.25) is 4.99 Å². The molecule has 0 bridgehead atoms. The van der Waals surface area contributed by atoms with Gasteiger partial charge < -0.3 is 0 Å². The highest BCUT2D eigenvalue weighted by Gasteiger charge is 2.29. The molecule has 0 saturated carbocycles. The van der Waals surface area contributed by atoms with Crippen LogP contribution in [0.2, 0.25) is 0 Å². The normalized spacial score (nSPS) is 13.9. The van der Waals surface area contributed by atoms with E-state index in [1.54, 1.807) is 0 Å². The van der Waals surface area contributed by atoms with E-state index in [9.17, 15) is 13.2 Å². The van der Waals surface area contributed by atoms with Gasteiger partial charge in [-0.05, 0) is 12.2 Å². The van der Waals surface area contributed by atoms with Gasteiger partial charge in [-0.1, -0.05) is 18.2 Å². The first-order valence-electron chi connectivity index (χ1n) is 2.94. The van der Waals surface area contributed by atoms with Gasteiger partial charge >= 0.3 is 6.18 Å². The second kappa shape index (κ2) is 4.30. The molecule has 0 aromatic rings. The molecule has 0 N–H and O–H groups in total. The number of halogens is 4. The Kier molecular flexibility index (Phi) is 4.03. The highest BCUT2D eigenvalue weighted by molar-refractivity contribution is 6.68. The van der Waals surface area contributed by atoms with E-state index in [0.29, 0.717) is 0 Å². The zero-order valence-electron chi connectivity index (χ0n) is 6.32. The number of alkyl halides is 3. The second-order valence-corrected chi connectivity index (χ2v) is 2.29. The fourth-order valence-electron chi connectivity index (χ4n) is 0.338. The molecule has 0 aromatic carbocycles. The number of allylic oxidation sites excluding steroid dienone is 3. The Bertz CT molecular complexity index is 227. The average molecular weight is 198 g/mol.